The minimum absolute atomic E-state index is 0.179. The van der Waals surface area contributed by atoms with Crippen molar-refractivity contribution in [2.75, 3.05) is 7.05 Å². The summed E-state index contributed by atoms with van der Waals surface area (Å²) >= 11 is 0. The smallest absolute Gasteiger partial charge is 0.191 e. The number of hydrogen-bond acceptors (Lipinski definition) is 2. The quantitative estimate of drug-likeness (QED) is 0.654. The maximum Gasteiger partial charge on any atom is 0.191 e. The van der Waals surface area contributed by atoms with Gasteiger partial charge in [0.1, 0.15) is 5.82 Å². The summed E-state index contributed by atoms with van der Waals surface area (Å²) in [6, 6.07) is 6.92. The van der Waals surface area contributed by atoms with Crippen molar-refractivity contribution in [2.45, 2.75) is 39.8 Å². The zero-order chi connectivity index (χ0) is 17.7. The van der Waals surface area contributed by atoms with E-state index in [0.29, 0.717) is 18.1 Å². The van der Waals surface area contributed by atoms with Gasteiger partial charge in [-0.1, -0.05) is 18.2 Å². The molecule has 0 spiro atoms. The van der Waals surface area contributed by atoms with E-state index < -0.39 is 0 Å². The number of nitrogens with zero attached hydrogens (tertiary/aromatic N) is 3. The average Bonchev–Trinajstić information content (AvgIpc) is 2.79. The van der Waals surface area contributed by atoms with Gasteiger partial charge < -0.3 is 10.6 Å². The van der Waals surface area contributed by atoms with Gasteiger partial charge in [0.15, 0.2) is 5.96 Å². The summed E-state index contributed by atoms with van der Waals surface area (Å²) in [7, 11) is 3.67. The van der Waals surface area contributed by atoms with Crippen molar-refractivity contribution in [1.29, 1.82) is 0 Å². The van der Waals surface area contributed by atoms with E-state index in [-0.39, 0.29) is 11.9 Å². The summed E-state index contributed by atoms with van der Waals surface area (Å²) in [6.45, 7) is 6.60. The number of benzene rings is 1. The summed E-state index contributed by atoms with van der Waals surface area (Å²) in [5.41, 5.74) is 4.10. The molecule has 0 aliphatic rings. The van der Waals surface area contributed by atoms with Crippen LogP contribution in [0.4, 0.5) is 4.39 Å². The molecule has 1 unspecified atom stereocenters. The lowest BCUT2D eigenvalue weighted by atomic mass is 10.1. The Hall–Kier alpha value is -2.37. The molecule has 0 fully saturated rings. The van der Waals surface area contributed by atoms with Crippen LogP contribution in [0.1, 0.15) is 29.4 Å². The maximum atomic E-state index is 13.7. The van der Waals surface area contributed by atoms with Crippen LogP contribution in [0.15, 0.2) is 29.3 Å². The van der Waals surface area contributed by atoms with E-state index in [1.807, 2.05) is 24.7 Å². The molecular formula is C18H26FN5. The summed E-state index contributed by atoms with van der Waals surface area (Å²) in [6.07, 6.45) is 0.853. The third-order valence-electron chi connectivity index (χ3n) is 4.18. The van der Waals surface area contributed by atoms with Gasteiger partial charge in [-0.25, -0.2) is 4.39 Å². The third-order valence-corrected chi connectivity index (χ3v) is 4.18. The SMILES string of the molecule is CN=C(NCc1ccccc1F)NC(C)Cc1c(C)nn(C)c1C. The first kappa shape index (κ1) is 18.0. The van der Waals surface area contributed by atoms with Crippen LogP contribution in [-0.4, -0.2) is 28.8 Å². The van der Waals surface area contributed by atoms with Crippen molar-refractivity contribution in [2.24, 2.45) is 12.0 Å². The Morgan fingerprint density at radius 2 is 2.04 bits per heavy atom. The van der Waals surface area contributed by atoms with Crippen LogP contribution in [0.3, 0.4) is 0 Å². The van der Waals surface area contributed by atoms with Gasteiger partial charge in [-0.3, -0.25) is 9.67 Å². The summed E-state index contributed by atoms with van der Waals surface area (Å²) < 4.78 is 15.6. The first-order valence-corrected chi connectivity index (χ1v) is 8.12. The zero-order valence-corrected chi connectivity index (χ0v) is 15.0. The van der Waals surface area contributed by atoms with Crippen LogP contribution >= 0.6 is 0 Å². The largest absolute Gasteiger partial charge is 0.354 e. The van der Waals surface area contributed by atoms with E-state index in [1.54, 1.807) is 19.2 Å². The Morgan fingerprint density at radius 3 is 2.62 bits per heavy atom. The van der Waals surface area contributed by atoms with Crippen molar-refractivity contribution in [3.05, 3.63) is 52.6 Å². The van der Waals surface area contributed by atoms with E-state index in [4.69, 9.17) is 0 Å². The molecule has 1 aromatic carbocycles. The number of hydrogen-bond donors (Lipinski definition) is 2. The van der Waals surface area contributed by atoms with Crippen molar-refractivity contribution >= 4 is 5.96 Å². The van der Waals surface area contributed by atoms with Gasteiger partial charge in [0.25, 0.3) is 0 Å². The van der Waals surface area contributed by atoms with Crippen LogP contribution in [0, 0.1) is 19.7 Å². The highest BCUT2D eigenvalue weighted by molar-refractivity contribution is 5.79. The molecule has 0 amide bonds. The van der Waals surface area contributed by atoms with Crippen molar-refractivity contribution in [3.63, 3.8) is 0 Å². The third kappa shape index (κ3) is 4.34. The number of aromatic nitrogens is 2. The molecule has 2 N–H and O–H groups in total. The molecule has 0 aliphatic carbocycles. The molecule has 0 bridgehead atoms. The highest BCUT2D eigenvalue weighted by Gasteiger charge is 2.14. The first-order valence-electron chi connectivity index (χ1n) is 8.12. The standard InChI is InChI=1S/C18H26FN5/c1-12(10-16-13(2)23-24(5)14(16)3)22-18(20-4)21-11-15-8-6-7-9-17(15)19/h6-9,12H,10-11H2,1-5H3,(H2,20,21,22). The van der Waals surface area contributed by atoms with Crippen LogP contribution < -0.4 is 10.6 Å². The predicted molar refractivity (Wildman–Crippen MR) is 95.6 cm³/mol. The zero-order valence-electron chi connectivity index (χ0n) is 15.0. The van der Waals surface area contributed by atoms with Crippen molar-refractivity contribution in [1.82, 2.24) is 20.4 Å². The molecule has 2 aromatic rings. The number of rotatable bonds is 5. The Labute approximate surface area is 143 Å². The molecule has 0 aliphatic heterocycles. The lowest BCUT2D eigenvalue weighted by Gasteiger charge is -2.18. The van der Waals surface area contributed by atoms with Crippen molar-refractivity contribution in [3.8, 4) is 0 Å². The second-order valence-electron chi connectivity index (χ2n) is 6.04. The minimum Gasteiger partial charge on any atom is -0.354 e. The molecule has 24 heavy (non-hydrogen) atoms. The Kier molecular flexibility index (Phi) is 5.95. The molecule has 130 valence electrons. The highest BCUT2D eigenvalue weighted by Crippen LogP contribution is 2.14. The monoisotopic (exact) mass is 331 g/mol. The summed E-state index contributed by atoms with van der Waals surface area (Å²) in [5.74, 6) is 0.445. The fraction of sp³-hybridized carbons (Fsp3) is 0.444. The predicted octanol–water partition coefficient (Wildman–Crippen LogP) is 2.47. The number of aryl methyl sites for hydroxylation is 2. The van der Waals surface area contributed by atoms with Crippen LogP contribution in [0.5, 0.6) is 0 Å². The van der Waals surface area contributed by atoms with Crippen LogP contribution in [-0.2, 0) is 20.0 Å². The Balaban J connectivity index is 1.94. The highest BCUT2D eigenvalue weighted by atomic mass is 19.1. The molecule has 2 rings (SSSR count). The lowest BCUT2D eigenvalue weighted by molar-refractivity contribution is 0.599. The van der Waals surface area contributed by atoms with Gasteiger partial charge in [-0.15, -0.1) is 0 Å². The summed E-state index contributed by atoms with van der Waals surface area (Å²) in [5, 5.41) is 11.0. The summed E-state index contributed by atoms with van der Waals surface area (Å²) in [4.78, 5) is 4.22. The molecule has 0 saturated carbocycles. The topological polar surface area (TPSA) is 54.2 Å². The molecule has 6 heteroatoms. The second kappa shape index (κ2) is 7.95. The fourth-order valence-corrected chi connectivity index (χ4v) is 2.72. The molecule has 1 heterocycles. The molecule has 1 aromatic heterocycles. The van der Waals surface area contributed by atoms with Crippen LogP contribution in [0.2, 0.25) is 0 Å². The first-order chi connectivity index (χ1) is 11.4. The second-order valence-corrected chi connectivity index (χ2v) is 6.04. The van der Waals surface area contributed by atoms with Crippen molar-refractivity contribution < 1.29 is 4.39 Å². The number of nitrogens with one attached hydrogen (secondary N) is 2. The molecule has 5 nitrogen and oxygen atoms in total. The molecule has 1 atom stereocenters. The van der Waals surface area contributed by atoms with Gasteiger partial charge in [-0.2, -0.15) is 5.10 Å². The number of guanidine groups is 1. The lowest BCUT2D eigenvalue weighted by Crippen LogP contribution is -2.42. The minimum atomic E-state index is -0.213. The Morgan fingerprint density at radius 1 is 1.33 bits per heavy atom. The van der Waals surface area contributed by atoms with Gasteiger partial charge in [0.2, 0.25) is 0 Å². The normalized spacial score (nSPS) is 13.0. The van der Waals surface area contributed by atoms with E-state index in [1.165, 1.54) is 17.3 Å². The van der Waals surface area contributed by atoms with E-state index >= 15 is 0 Å². The van der Waals surface area contributed by atoms with Crippen LogP contribution in [0.25, 0.3) is 0 Å². The van der Waals surface area contributed by atoms with E-state index in [0.717, 1.165) is 12.1 Å². The average molecular weight is 331 g/mol. The molecule has 0 radical (unpaired) electrons. The van der Waals surface area contributed by atoms with E-state index in [2.05, 4.69) is 34.6 Å². The maximum absolute atomic E-state index is 13.7. The number of aliphatic imine (C=N–C) groups is 1. The molecule has 0 saturated heterocycles. The van der Waals surface area contributed by atoms with Gasteiger partial charge in [0.05, 0.1) is 5.69 Å². The Bertz CT molecular complexity index is 720. The van der Waals surface area contributed by atoms with Gasteiger partial charge in [-0.05, 0) is 38.8 Å². The number of halogens is 1. The van der Waals surface area contributed by atoms with E-state index in [9.17, 15) is 4.39 Å². The van der Waals surface area contributed by atoms with Gasteiger partial charge in [0, 0.05) is 37.9 Å². The fourth-order valence-electron chi connectivity index (χ4n) is 2.72. The van der Waals surface area contributed by atoms with Gasteiger partial charge >= 0.3 is 0 Å². The molecular weight excluding hydrogens is 305 g/mol.